The van der Waals surface area contributed by atoms with Crippen molar-refractivity contribution >= 4 is 11.5 Å². The van der Waals surface area contributed by atoms with Crippen molar-refractivity contribution in [3.8, 4) is 5.69 Å². The molecular weight excluding hydrogens is 246 g/mol. The van der Waals surface area contributed by atoms with Gasteiger partial charge < -0.3 is 0 Å². The highest BCUT2D eigenvalue weighted by Gasteiger charge is 2.16. The summed E-state index contributed by atoms with van der Waals surface area (Å²) < 4.78 is 1.45. The van der Waals surface area contributed by atoms with Crippen LogP contribution in [0.3, 0.4) is 0 Å². The van der Waals surface area contributed by atoms with Crippen molar-refractivity contribution < 1.29 is 9.72 Å². The molecule has 1 heterocycles. The monoisotopic (exact) mass is 259 g/mol. The molecule has 2 aromatic rings. The lowest BCUT2D eigenvalue weighted by molar-refractivity contribution is -0.384. The molecular formula is C13H13N3O3. The Balaban J connectivity index is 2.48. The van der Waals surface area contributed by atoms with Crippen LogP contribution in [0, 0.1) is 17.0 Å². The summed E-state index contributed by atoms with van der Waals surface area (Å²) in [5.74, 6) is 0.0326. The average Bonchev–Trinajstić information content (AvgIpc) is 2.70. The lowest BCUT2D eigenvalue weighted by Gasteiger charge is -2.01. The molecule has 6 heteroatoms. The quantitative estimate of drug-likeness (QED) is 0.623. The molecule has 0 unspecified atom stereocenters. The lowest BCUT2D eigenvalue weighted by Crippen LogP contribution is -2.00. The SMILES string of the molecule is CC(=O)Cc1cn(-c2ccccc2[N+](=O)[O-])nc1C. The molecule has 1 aromatic heterocycles. The van der Waals surface area contributed by atoms with E-state index in [0.29, 0.717) is 11.4 Å². The zero-order valence-electron chi connectivity index (χ0n) is 10.7. The van der Waals surface area contributed by atoms with Gasteiger partial charge in [-0.3, -0.25) is 14.9 Å². The maximum Gasteiger partial charge on any atom is 0.294 e. The fraction of sp³-hybridized carbons (Fsp3) is 0.231. The molecule has 1 aromatic carbocycles. The second-order valence-electron chi connectivity index (χ2n) is 4.31. The zero-order valence-corrected chi connectivity index (χ0v) is 10.7. The fourth-order valence-electron chi connectivity index (χ4n) is 1.87. The first-order valence-electron chi connectivity index (χ1n) is 5.77. The van der Waals surface area contributed by atoms with Crippen LogP contribution in [0.25, 0.3) is 5.69 Å². The van der Waals surface area contributed by atoms with Crippen molar-refractivity contribution in [3.05, 3.63) is 51.8 Å². The standard InChI is InChI=1S/C13H13N3O3/c1-9(17)7-11-8-15(14-10(11)2)12-5-3-4-6-13(12)16(18)19/h3-6,8H,7H2,1-2H3. The largest absolute Gasteiger partial charge is 0.300 e. The molecule has 0 bridgehead atoms. The molecule has 0 radical (unpaired) electrons. The molecule has 0 aliphatic rings. The molecule has 6 nitrogen and oxygen atoms in total. The summed E-state index contributed by atoms with van der Waals surface area (Å²) in [4.78, 5) is 21.7. The van der Waals surface area contributed by atoms with E-state index in [0.717, 1.165) is 5.56 Å². The van der Waals surface area contributed by atoms with Gasteiger partial charge in [0, 0.05) is 24.2 Å². The van der Waals surface area contributed by atoms with Gasteiger partial charge in [-0.2, -0.15) is 5.10 Å². The normalized spacial score (nSPS) is 10.4. The number of ketones is 1. The molecule has 0 aliphatic carbocycles. The number of para-hydroxylation sites is 2. The molecule has 0 amide bonds. The third kappa shape index (κ3) is 2.67. The van der Waals surface area contributed by atoms with Crippen molar-refractivity contribution in [2.45, 2.75) is 20.3 Å². The van der Waals surface area contributed by atoms with E-state index < -0.39 is 4.92 Å². The number of nitro benzene ring substituents is 1. The highest BCUT2D eigenvalue weighted by molar-refractivity contribution is 5.78. The maximum atomic E-state index is 11.1. The number of aromatic nitrogens is 2. The van der Waals surface area contributed by atoms with Crippen LogP contribution >= 0.6 is 0 Å². The third-order valence-corrected chi connectivity index (χ3v) is 2.77. The number of hydrogen-bond donors (Lipinski definition) is 0. The third-order valence-electron chi connectivity index (χ3n) is 2.77. The van der Waals surface area contributed by atoms with Crippen LogP contribution in [0.2, 0.25) is 0 Å². The van der Waals surface area contributed by atoms with Gasteiger partial charge in [0.1, 0.15) is 11.5 Å². The summed E-state index contributed by atoms with van der Waals surface area (Å²) in [5, 5.41) is 15.2. The Labute approximate surface area is 109 Å². The molecule has 0 saturated heterocycles. The molecule has 0 fully saturated rings. The minimum Gasteiger partial charge on any atom is -0.300 e. The number of carbonyl (C=O) groups is 1. The highest BCUT2D eigenvalue weighted by Crippen LogP contribution is 2.22. The van der Waals surface area contributed by atoms with E-state index in [9.17, 15) is 14.9 Å². The Bertz CT molecular complexity index is 646. The van der Waals surface area contributed by atoms with Crippen molar-refractivity contribution in [1.29, 1.82) is 0 Å². The van der Waals surface area contributed by atoms with Crippen LogP contribution < -0.4 is 0 Å². The maximum absolute atomic E-state index is 11.1. The van der Waals surface area contributed by atoms with E-state index in [1.807, 2.05) is 0 Å². The molecule has 0 N–H and O–H groups in total. The van der Waals surface area contributed by atoms with Crippen LogP contribution in [0.4, 0.5) is 5.69 Å². The number of Topliss-reactive ketones (excluding diaryl/α,β-unsaturated/α-hetero) is 1. The molecule has 19 heavy (non-hydrogen) atoms. The summed E-state index contributed by atoms with van der Waals surface area (Å²) in [5.41, 5.74) is 1.86. The topological polar surface area (TPSA) is 78.0 Å². The van der Waals surface area contributed by atoms with Gasteiger partial charge in [-0.25, -0.2) is 4.68 Å². The van der Waals surface area contributed by atoms with Crippen molar-refractivity contribution in [2.75, 3.05) is 0 Å². The van der Waals surface area contributed by atoms with Gasteiger partial charge in [0.2, 0.25) is 0 Å². The molecule has 0 atom stereocenters. The Hall–Kier alpha value is -2.50. The Kier molecular flexibility index (Phi) is 3.41. The van der Waals surface area contributed by atoms with Crippen molar-refractivity contribution in [3.63, 3.8) is 0 Å². The second-order valence-corrected chi connectivity index (χ2v) is 4.31. The predicted octanol–water partition coefficient (Wildman–Crippen LogP) is 2.22. The minimum absolute atomic E-state index is 0.0145. The van der Waals surface area contributed by atoms with E-state index in [-0.39, 0.29) is 17.9 Å². The summed E-state index contributed by atoms with van der Waals surface area (Å²) in [6, 6.07) is 6.37. The van der Waals surface area contributed by atoms with Crippen LogP contribution in [0.1, 0.15) is 18.2 Å². The number of benzene rings is 1. The smallest absolute Gasteiger partial charge is 0.294 e. The van der Waals surface area contributed by atoms with Crippen LogP contribution in [0.5, 0.6) is 0 Å². The summed E-state index contributed by atoms with van der Waals surface area (Å²) in [6.45, 7) is 3.28. The molecule has 2 rings (SSSR count). The van der Waals surface area contributed by atoms with E-state index in [4.69, 9.17) is 0 Å². The number of hydrogen-bond acceptors (Lipinski definition) is 4. The lowest BCUT2D eigenvalue weighted by atomic mass is 10.1. The first-order valence-corrected chi connectivity index (χ1v) is 5.77. The first-order chi connectivity index (χ1) is 8.99. The fourth-order valence-corrected chi connectivity index (χ4v) is 1.87. The average molecular weight is 259 g/mol. The van der Waals surface area contributed by atoms with E-state index >= 15 is 0 Å². The Morgan fingerprint density at radius 3 is 2.74 bits per heavy atom. The van der Waals surface area contributed by atoms with Gasteiger partial charge in [0.15, 0.2) is 0 Å². The summed E-state index contributed by atoms with van der Waals surface area (Å²) in [7, 11) is 0. The van der Waals surface area contributed by atoms with E-state index in [2.05, 4.69) is 5.10 Å². The summed E-state index contributed by atoms with van der Waals surface area (Å²) >= 11 is 0. The van der Waals surface area contributed by atoms with E-state index in [1.54, 1.807) is 31.3 Å². The van der Waals surface area contributed by atoms with E-state index in [1.165, 1.54) is 17.7 Å². The number of nitrogens with zero attached hydrogens (tertiary/aromatic N) is 3. The first kappa shape index (κ1) is 12.9. The predicted molar refractivity (Wildman–Crippen MR) is 69.3 cm³/mol. The molecule has 0 saturated carbocycles. The Morgan fingerprint density at radius 2 is 2.11 bits per heavy atom. The highest BCUT2D eigenvalue weighted by atomic mass is 16.6. The van der Waals surface area contributed by atoms with Gasteiger partial charge in [0.25, 0.3) is 5.69 Å². The van der Waals surface area contributed by atoms with Gasteiger partial charge in [0.05, 0.1) is 10.6 Å². The van der Waals surface area contributed by atoms with Crippen LogP contribution in [-0.4, -0.2) is 20.5 Å². The summed E-state index contributed by atoms with van der Waals surface area (Å²) in [6.07, 6.45) is 1.95. The molecule has 98 valence electrons. The number of nitro groups is 1. The number of rotatable bonds is 4. The van der Waals surface area contributed by atoms with Gasteiger partial charge in [-0.15, -0.1) is 0 Å². The molecule has 0 spiro atoms. The Morgan fingerprint density at radius 1 is 1.42 bits per heavy atom. The zero-order chi connectivity index (χ0) is 14.0. The number of aryl methyl sites for hydroxylation is 1. The second kappa shape index (κ2) is 5.01. The van der Waals surface area contributed by atoms with Crippen molar-refractivity contribution in [2.24, 2.45) is 0 Å². The number of carbonyl (C=O) groups excluding carboxylic acids is 1. The van der Waals surface area contributed by atoms with Crippen LogP contribution in [0.15, 0.2) is 30.5 Å². The van der Waals surface area contributed by atoms with Gasteiger partial charge in [-0.1, -0.05) is 12.1 Å². The minimum atomic E-state index is -0.447. The van der Waals surface area contributed by atoms with Gasteiger partial charge in [-0.05, 0) is 19.9 Å². The van der Waals surface area contributed by atoms with Crippen molar-refractivity contribution in [1.82, 2.24) is 9.78 Å². The molecule has 0 aliphatic heterocycles. The van der Waals surface area contributed by atoms with Gasteiger partial charge >= 0.3 is 0 Å². The van der Waals surface area contributed by atoms with Crippen LogP contribution in [-0.2, 0) is 11.2 Å².